The van der Waals surface area contributed by atoms with Gasteiger partial charge in [-0.2, -0.15) is 0 Å². The standard InChI is InChI=1S/C27H24BrCl2N3O5/c1-3-37-22-11-16(10-19(28)24(22)38-13-15-8-9-17(29)12-20(15)30)23-14(2)32-27(25(23)33(35)36)18-6-4-5-7-21(18)31-26(27)34/h4-12,14,23,25,32H,3,13H2,1-2H3,(H,31,34)/t14-,23-,25-,27-/m0/s1. The van der Waals surface area contributed by atoms with Crippen LogP contribution < -0.4 is 20.1 Å². The van der Waals surface area contributed by atoms with Crippen molar-refractivity contribution in [2.24, 2.45) is 0 Å². The maximum Gasteiger partial charge on any atom is 0.256 e. The Bertz CT molecular complexity index is 1440. The average Bonchev–Trinajstić information content (AvgIpc) is 3.33. The molecule has 5 rings (SSSR count). The molecule has 0 unspecified atom stereocenters. The fraction of sp³-hybridized carbons (Fsp3) is 0.296. The third kappa shape index (κ3) is 4.41. The smallest absolute Gasteiger partial charge is 0.256 e. The lowest BCUT2D eigenvalue weighted by molar-refractivity contribution is -0.532. The summed E-state index contributed by atoms with van der Waals surface area (Å²) >= 11 is 15.9. The highest BCUT2D eigenvalue weighted by molar-refractivity contribution is 9.10. The van der Waals surface area contributed by atoms with E-state index in [2.05, 4.69) is 26.6 Å². The number of nitrogens with one attached hydrogen (secondary N) is 2. The summed E-state index contributed by atoms with van der Waals surface area (Å²) in [7, 11) is 0. The summed E-state index contributed by atoms with van der Waals surface area (Å²) in [6.45, 7) is 4.21. The van der Waals surface area contributed by atoms with Crippen LogP contribution in [0.1, 0.15) is 36.5 Å². The van der Waals surface area contributed by atoms with E-state index in [1.807, 2.05) is 13.8 Å². The van der Waals surface area contributed by atoms with E-state index in [0.29, 0.717) is 49.4 Å². The Morgan fingerprint density at radius 1 is 1.13 bits per heavy atom. The van der Waals surface area contributed by atoms with Crippen molar-refractivity contribution in [2.75, 3.05) is 11.9 Å². The van der Waals surface area contributed by atoms with E-state index in [9.17, 15) is 14.9 Å². The molecule has 0 saturated carbocycles. The first-order valence-electron chi connectivity index (χ1n) is 12.0. The molecular formula is C27H24BrCl2N3O5. The number of carbonyl (C=O) groups excluding carboxylic acids is 1. The van der Waals surface area contributed by atoms with E-state index in [0.717, 1.165) is 5.56 Å². The summed E-state index contributed by atoms with van der Waals surface area (Å²) in [6.07, 6.45) is 0. The highest BCUT2D eigenvalue weighted by atomic mass is 79.9. The van der Waals surface area contributed by atoms with Gasteiger partial charge < -0.3 is 14.8 Å². The average molecular weight is 621 g/mol. The van der Waals surface area contributed by atoms with Crippen LogP contribution in [0.5, 0.6) is 11.5 Å². The predicted molar refractivity (Wildman–Crippen MR) is 149 cm³/mol. The molecule has 1 spiro atoms. The van der Waals surface area contributed by atoms with Gasteiger partial charge in [-0.25, -0.2) is 0 Å². The van der Waals surface area contributed by atoms with Gasteiger partial charge in [0.05, 0.1) is 17.0 Å². The molecule has 1 amide bonds. The maximum absolute atomic E-state index is 13.3. The summed E-state index contributed by atoms with van der Waals surface area (Å²) in [4.78, 5) is 25.6. The Morgan fingerprint density at radius 2 is 1.89 bits per heavy atom. The summed E-state index contributed by atoms with van der Waals surface area (Å²) in [5.74, 6) is -0.208. The fourth-order valence-corrected chi connectivity index (χ4v) is 6.56. The number of anilines is 1. The van der Waals surface area contributed by atoms with Gasteiger partial charge in [-0.05, 0) is 65.7 Å². The van der Waals surface area contributed by atoms with E-state index in [-0.39, 0.29) is 11.5 Å². The van der Waals surface area contributed by atoms with Crippen LogP contribution in [-0.2, 0) is 16.9 Å². The van der Waals surface area contributed by atoms with E-state index in [1.165, 1.54) is 0 Å². The number of amides is 1. The molecule has 0 bridgehead atoms. The zero-order valence-electron chi connectivity index (χ0n) is 20.5. The highest BCUT2D eigenvalue weighted by Gasteiger charge is 2.67. The number of ether oxygens (including phenoxy) is 2. The second kappa shape index (κ2) is 10.4. The van der Waals surface area contributed by atoms with Crippen molar-refractivity contribution in [1.82, 2.24) is 5.32 Å². The van der Waals surface area contributed by atoms with Crippen LogP contribution in [0.4, 0.5) is 5.69 Å². The molecule has 38 heavy (non-hydrogen) atoms. The van der Waals surface area contributed by atoms with E-state index in [1.54, 1.807) is 54.6 Å². The molecular weight excluding hydrogens is 597 g/mol. The molecule has 2 aliphatic rings. The van der Waals surface area contributed by atoms with Crippen molar-refractivity contribution in [1.29, 1.82) is 0 Å². The number of halogens is 3. The van der Waals surface area contributed by atoms with Crippen molar-refractivity contribution >= 4 is 50.7 Å². The lowest BCUT2D eigenvalue weighted by atomic mass is 9.78. The number of fused-ring (bicyclic) bond motifs is 2. The van der Waals surface area contributed by atoms with Gasteiger partial charge in [0.25, 0.3) is 11.9 Å². The van der Waals surface area contributed by atoms with Crippen LogP contribution in [0.25, 0.3) is 0 Å². The molecule has 1 fully saturated rings. The summed E-state index contributed by atoms with van der Waals surface area (Å²) < 4.78 is 12.6. The van der Waals surface area contributed by atoms with Gasteiger partial charge in [-0.3, -0.25) is 20.2 Å². The minimum Gasteiger partial charge on any atom is -0.490 e. The molecule has 2 heterocycles. The molecule has 198 valence electrons. The Hall–Kier alpha value is -2.85. The molecule has 4 atom stereocenters. The Kier molecular flexibility index (Phi) is 7.30. The van der Waals surface area contributed by atoms with E-state index < -0.39 is 29.4 Å². The fourth-order valence-electron chi connectivity index (χ4n) is 5.53. The van der Waals surface area contributed by atoms with Crippen LogP contribution in [0.3, 0.4) is 0 Å². The number of para-hydroxylation sites is 1. The molecule has 0 radical (unpaired) electrons. The number of benzene rings is 3. The van der Waals surface area contributed by atoms with Crippen LogP contribution in [0, 0.1) is 10.1 Å². The minimum absolute atomic E-state index is 0.160. The third-order valence-corrected chi connectivity index (χ3v) is 8.24. The highest BCUT2D eigenvalue weighted by Crippen LogP contribution is 2.51. The van der Waals surface area contributed by atoms with Crippen LogP contribution in [-0.4, -0.2) is 29.5 Å². The second-order valence-electron chi connectivity index (χ2n) is 9.28. The van der Waals surface area contributed by atoms with Gasteiger partial charge in [0.15, 0.2) is 17.0 Å². The number of hydrogen-bond donors (Lipinski definition) is 2. The number of carbonyl (C=O) groups is 1. The second-order valence-corrected chi connectivity index (χ2v) is 11.0. The molecule has 3 aromatic rings. The van der Waals surface area contributed by atoms with Gasteiger partial charge in [0.2, 0.25) is 0 Å². The van der Waals surface area contributed by atoms with E-state index in [4.69, 9.17) is 32.7 Å². The zero-order valence-corrected chi connectivity index (χ0v) is 23.6. The Morgan fingerprint density at radius 3 is 2.61 bits per heavy atom. The molecule has 0 aliphatic carbocycles. The molecule has 2 aliphatic heterocycles. The largest absolute Gasteiger partial charge is 0.490 e. The van der Waals surface area contributed by atoms with Gasteiger partial charge in [0.1, 0.15) is 6.61 Å². The van der Waals surface area contributed by atoms with E-state index >= 15 is 0 Å². The molecule has 3 aromatic carbocycles. The maximum atomic E-state index is 13.3. The zero-order chi connectivity index (χ0) is 27.2. The van der Waals surface area contributed by atoms with Crippen molar-refractivity contribution in [3.05, 3.63) is 95.9 Å². The lowest BCUT2D eigenvalue weighted by Gasteiger charge is -2.26. The number of rotatable bonds is 7. The number of nitrogens with zero attached hydrogens (tertiary/aromatic N) is 1. The van der Waals surface area contributed by atoms with Crippen LogP contribution >= 0.6 is 39.1 Å². The molecule has 0 aromatic heterocycles. The monoisotopic (exact) mass is 619 g/mol. The van der Waals surface area contributed by atoms with Gasteiger partial charge in [-0.15, -0.1) is 0 Å². The van der Waals surface area contributed by atoms with Crippen molar-refractivity contribution in [3.63, 3.8) is 0 Å². The summed E-state index contributed by atoms with van der Waals surface area (Å²) in [5.41, 5.74) is 1.04. The van der Waals surface area contributed by atoms with Gasteiger partial charge >= 0.3 is 0 Å². The van der Waals surface area contributed by atoms with Crippen molar-refractivity contribution in [3.8, 4) is 11.5 Å². The van der Waals surface area contributed by atoms with Gasteiger partial charge in [-0.1, -0.05) is 47.5 Å². The summed E-state index contributed by atoms with van der Waals surface area (Å²) in [5, 5.41) is 19.7. The quantitative estimate of drug-likeness (QED) is 0.237. The Balaban J connectivity index is 1.54. The molecule has 11 heteroatoms. The predicted octanol–water partition coefficient (Wildman–Crippen LogP) is 6.30. The molecule has 2 N–H and O–H groups in total. The first kappa shape index (κ1) is 26.7. The molecule has 1 saturated heterocycles. The Labute approximate surface area is 237 Å². The van der Waals surface area contributed by atoms with Crippen molar-refractivity contribution in [2.45, 2.75) is 44.0 Å². The lowest BCUT2D eigenvalue weighted by Crippen LogP contribution is -2.54. The van der Waals surface area contributed by atoms with Gasteiger partial charge in [0, 0.05) is 37.8 Å². The number of nitro groups is 1. The van der Waals surface area contributed by atoms with Crippen LogP contribution in [0.15, 0.2) is 59.1 Å². The summed E-state index contributed by atoms with van der Waals surface area (Å²) in [6, 6.07) is 14.1. The minimum atomic E-state index is -1.50. The number of hydrogen-bond acceptors (Lipinski definition) is 6. The first-order chi connectivity index (χ1) is 18.2. The molecule has 8 nitrogen and oxygen atoms in total. The van der Waals surface area contributed by atoms with Crippen LogP contribution in [0.2, 0.25) is 10.0 Å². The topological polar surface area (TPSA) is 103 Å². The van der Waals surface area contributed by atoms with Crippen molar-refractivity contribution < 1.29 is 19.2 Å². The normalized spacial score (nSPS) is 23.8. The first-order valence-corrected chi connectivity index (χ1v) is 13.6. The SMILES string of the molecule is CCOc1cc([C@@H]2[C@H](C)N[C@]3(C(=O)Nc4ccccc43)[C@H]2[N+](=O)[O-])cc(Br)c1OCc1ccc(Cl)cc1Cl. The third-order valence-electron chi connectivity index (χ3n) is 7.07.